The number of hydrogen-bond acceptors (Lipinski definition) is 6. The van der Waals surface area contributed by atoms with Crippen molar-refractivity contribution in [2.45, 2.75) is 19.4 Å². The fraction of sp³-hybridized carbons (Fsp3) is 0.429. The maximum atomic E-state index is 12.0. The third-order valence-corrected chi connectivity index (χ3v) is 6.09. The molecule has 8 heteroatoms. The van der Waals surface area contributed by atoms with Gasteiger partial charge in [-0.05, 0) is 19.1 Å². The lowest BCUT2D eigenvalue weighted by Gasteiger charge is -2.22. The van der Waals surface area contributed by atoms with E-state index in [2.05, 4.69) is 34.7 Å². The van der Waals surface area contributed by atoms with Gasteiger partial charge in [0.05, 0.1) is 10.6 Å². The highest BCUT2D eigenvalue weighted by Crippen LogP contribution is 2.30. The van der Waals surface area contributed by atoms with Gasteiger partial charge in [0.25, 0.3) is 0 Å². The lowest BCUT2D eigenvalue weighted by atomic mass is 10.2. The van der Waals surface area contributed by atoms with Crippen LogP contribution < -0.4 is 10.6 Å². The van der Waals surface area contributed by atoms with E-state index in [1.807, 2.05) is 17.1 Å². The Kier molecular flexibility index (Phi) is 6.70. The van der Waals surface area contributed by atoms with E-state index in [0.29, 0.717) is 11.6 Å². The molecule has 1 amide bonds. The molecule has 3 heterocycles. The van der Waals surface area contributed by atoms with Crippen molar-refractivity contribution in [3.05, 3.63) is 22.4 Å². The topological polar surface area (TPSA) is 54.0 Å². The number of thiazole rings is 1. The molecule has 1 unspecified atom stereocenters. The summed E-state index contributed by atoms with van der Waals surface area (Å²) in [5.74, 6) is 2.18. The third-order valence-electron chi connectivity index (χ3n) is 3.17. The first-order valence-corrected chi connectivity index (χ1v) is 9.69. The zero-order valence-electron chi connectivity index (χ0n) is 12.1. The molecule has 4 nitrogen and oxygen atoms in total. The molecule has 3 rings (SSSR count). The Hall–Kier alpha value is -0.600. The Morgan fingerprint density at radius 1 is 1.50 bits per heavy atom. The number of nitrogens with zero attached hydrogens (tertiary/aromatic N) is 1. The van der Waals surface area contributed by atoms with Gasteiger partial charge in [0, 0.05) is 40.8 Å². The number of anilines is 1. The van der Waals surface area contributed by atoms with E-state index in [0.717, 1.165) is 28.6 Å². The second-order valence-corrected chi connectivity index (χ2v) is 8.22. The van der Waals surface area contributed by atoms with Crippen LogP contribution in [0.2, 0.25) is 0 Å². The third kappa shape index (κ3) is 4.70. The largest absolute Gasteiger partial charge is 0.312 e. The van der Waals surface area contributed by atoms with E-state index >= 15 is 0 Å². The molecule has 1 fully saturated rings. The highest BCUT2D eigenvalue weighted by atomic mass is 35.5. The normalized spacial score (nSPS) is 17.8. The number of rotatable bonds is 4. The summed E-state index contributed by atoms with van der Waals surface area (Å²) in [6.07, 6.45) is 0.514. The first kappa shape index (κ1) is 17.7. The molecule has 2 N–H and O–H groups in total. The molecule has 0 aromatic carbocycles. The summed E-state index contributed by atoms with van der Waals surface area (Å²) < 4.78 is 0. The van der Waals surface area contributed by atoms with E-state index in [-0.39, 0.29) is 24.4 Å². The summed E-state index contributed by atoms with van der Waals surface area (Å²) in [5.41, 5.74) is 0.944. The quantitative estimate of drug-likeness (QED) is 0.856. The van der Waals surface area contributed by atoms with Gasteiger partial charge in [-0.3, -0.25) is 4.79 Å². The van der Waals surface area contributed by atoms with Crippen molar-refractivity contribution in [2.24, 2.45) is 0 Å². The zero-order chi connectivity index (χ0) is 14.7. The van der Waals surface area contributed by atoms with Crippen LogP contribution in [0.4, 0.5) is 5.13 Å². The van der Waals surface area contributed by atoms with Gasteiger partial charge in [-0.1, -0.05) is 0 Å². The molecule has 2 aromatic heterocycles. The highest BCUT2D eigenvalue weighted by Gasteiger charge is 2.17. The number of nitrogens with one attached hydrogen (secondary N) is 2. The van der Waals surface area contributed by atoms with Gasteiger partial charge in [-0.15, -0.1) is 35.1 Å². The summed E-state index contributed by atoms with van der Waals surface area (Å²) in [5, 5.41) is 8.96. The summed E-state index contributed by atoms with van der Waals surface area (Å²) in [7, 11) is 0. The smallest absolute Gasteiger partial charge is 0.227 e. The van der Waals surface area contributed by atoms with Crippen molar-refractivity contribution >= 4 is 57.9 Å². The molecule has 1 aliphatic heterocycles. The number of hydrogen-bond donors (Lipinski definition) is 2. The monoisotopic (exact) mass is 375 g/mol. The molecule has 1 saturated heterocycles. The average molecular weight is 376 g/mol. The number of thioether (sulfide) groups is 1. The predicted molar refractivity (Wildman–Crippen MR) is 99.8 cm³/mol. The van der Waals surface area contributed by atoms with Gasteiger partial charge in [-0.2, -0.15) is 11.8 Å². The fourth-order valence-corrected chi connectivity index (χ4v) is 4.74. The van der Waals surface area contributed by atoms with Gasteiger partial charge >= 0.3 is 0 Å². The number of halogens is 1. The van der Waals surface area contributed by atoms with Gasteiger partial charge in [0.1, 0.15) is 0 Å². The Balaban J connectivity index is 0.00000176. The van der Waals surface area contributed by atoms with Gasteiger partial charge in [0.15, 0.2) is 5.13 Å². The minimum absolute atomic E-state index is 0. The van der Waals surface area contributed by atoms with Gasteiger partial charge < -0.3 is 10.6 Å². The fourth-order valence-electron chi connectivity index (χ4n) is 2.16. The van der Waals surface area contributed by atoms with E-state index in [1.54, 1.807) is 11.3 Å². The number of aryl methyl sites for hydroxylation is 1. The maximum absolute atomic E-state index is 12.0. The maximum Gasteiger partial charge on any atom is 0.227 e. The molecule has 120 valence electrons. The van der Waals surface area contributed by atoms with E-state index in [9.17, 15) is 4.79 Å². The van der Waals surface area contributed by atoms with Crippen molar-refractivity contribution in [2.75, 3.05) is 23.4 Å². The van der Waals surface area contributed by atoms with Crippen LogP contribution in [0.3, 0.4) is 0 Å². The van der Waals surface area contributed by atoms with Crippen LogP contribution in [-0.2, 0) is 4.79 Å². The van der Waals surface area contributed by atoms with Crippen molar-refractivity contribution in [3.8, 4) is 10.6 Å². The zero-order valence-corrected chi connectivity index (χ0v) is 15.4. The van der Waals surface area contributed by atoms with Crippen molar-refractivity contribution in [3.63, 3.8) is 0 Å². The Morgan fingerprint density at radius 3 is 3.05 bits per heavy atom. The highest BCUT2D eigenvalue weighted by molar-refractivity contribution is 7.99. The Labute approximate surface area is 148 Å². The molecule has 0 saturated carbocycles. The predicted octanol–water partition coefficient (Wildman–Crippen LogP) is 3.64. The summed E-state index contributed by atoms with van der Waals surface area (Å²) in [6, 6.07) is 4.44. The molecule has 2 aromatic rings. The second kappa shape index (κ2) is 8.31. The molecule has 1 aliphatic rings. The number of aromatic nitrogens is 1. The van der Waals surface area contributed by atoms with Crippen LogP contribution in [0.1, 0.15) is 11.3 Å². The number of thiophene rings is 1. The molecule has 0 radical (unpaired) electrons. The van der Waals surface area contributed by atoms with Crippen molar-refractivity contribution < 1.29 is 4.79 Å². The van der Waals surface area contributed by atoms with Crippen molar-refractivity contribution in [1.29, 1.82) is 0 Å². The molecular weight excluding hydrogens is 358 g/mol. The minimum atomic E-state index is 0. The Morgan fingerprint density at radius 2 is 2.36 bits per heavy atom. The summed E-state index contributed by atoms with van der Waals surface area (Å²) >= 11 is 5.10. The van der Waals surface area contributed by atoms with E-state index in [1.165, 1.54) is 16.2 Å². The van der Waals surface area contributed by atoms with Crippen LogP contribution in [0.25, 0.3) is 10.6 Å². The number of amides is 1. The first-order valence-electron chi connectivity index (χ1n) is 6.84. The van der Waals surface area contributed by atoms with Crippen LogP contribution in [0.15, 0.2) is 17.5 Å². The minimum Gasteiger partial charge on any atom is -0.312 e. The summed E-state index contributed by atoms with van der Waals surface area (Å²) in [4.78, 5) is 19.0. The Bertz CT molecular complexity index is 622. The van der Waals surface area contributed by atoms with Crippen LogP contribution in [0, 0.1) is 6.92 Å². The van der Waals surface area contributed by atoms with Crippen molar-refractivity contribution in [1.82, 2.24) is 10.3 Å². The molecule has 22 heavy (non-hydrogen) atoms. The van der Waals surface area contributed by atoms with Crippen LogP contribution in [0.5, 0.6) is 0 Å². The molecule has 1 atom stereocenters. The van der Waals surface area contributed by atoms with Crippen LogP contribution in [-0.4, -0.2) is 35.0 Å². The number of carbonyl (C=O) groups is 1. The van der Waals surface area contributed by atoms with E-state index in [4.69, 9.17) is 0 Å². The van der Waals surface area contributed by atoms with Gasteiger partial charge in [-0.25, -0.2) is 4.98 Å². The SMILES string of the molecule is Cc1ccc(-c2csc(NC(=O)CC3CSCCN3)n2)s1.Cl. The van der Waals surface area contributed by atoms with E-state index < -0.39 is 0 Å². The average Bonchev–Trinajstić information content (AvgIpc) is 3.09. The summed E-state index contributed by atoms with van der Waals surface area (Å²) in [6.45, 7) is 3.07. The molecular formula is C14H18ClN3OS3. The van der Waals surface area contributed by atoms with Gasteiger partial charge in [0.2, 0.25) is 5.91 Å². The molecule has 0 aliphatic carbocycles. The lowest BCUT2D eigenvalue weighted by Crippen LogP contribution is -2.39. The van der Waals surface area contributed by atoms with Crippen LogP contribution >= 0.6 is 46.8 Å². The lowest BCUT2D eigenvalue weighted by molar-refractivity contribution is -0.116. The first-order chi connectivity index (χ1) is 10.2. The molecule has 0 bridgehead atoms. The molecule has 0 spiro atoms. The standard InChI is InChI=1S/C14H17N3OS3.ClH/c1-9-2-3-12(21-9)11-8-20-14(16-11)17-13(18)6-10-7-19-5-4-15-10;/h2-3,8,10,15H,4-7H2,1H3,(H,16,17,18);1H. The second-order valence-electron chi connectivity index (χ2n) is 4.93. The number of carbonyl (C=O) groups excluding carboxylic acids is 1.